The molecule has 3 heterocycles. The molecule has 0 amide bonds. The highest BCUT2D eigenvalue weighted by Crippen LogP contribution is 2.42. The normalized spacial score (nSPS) is 21.7. The molecular weight excluding hydrogens is 404 g/mol. The second-order valence-electron chi connectivity index (χ2n) is 8.56. The molecule has 0 saturated heterocycles. The van der Waals surface area contributed by atoms with E-state index in [1.54, 1.807) is 0 Å². The van der Waals surface area contributed by atoms with Gasteiger partial charge >= 0.3 is 5.97 Å². The first-order valence-electron chi connectivity index (χ1n) is 10.9. The average molecular weight is 431 g/mol. The predicted molar refractivity (Wildman–Crippen MR) is 121 cm³/mol. The number of nitrogens with zero attached hydrogens (tertiary/aromatic N) is 5. The molecule has 3 atom stereocenters. The Hall–Kier alpha value is -3.68. The molecule has 8 heteroatoms. The molecule has 5 rings (SSSR count). The Morgan fingerprint density at radius 3 is 2.84 bits per heavy atom. The smallest absolute Gasteiger partial charge is 0.307 e. The van der Waals surface area contributed by atoms with Gasteiger partial charge in [0.2, 0.25) is 0 Å². The molecule has 164 valence electrons. The Labute approximate surface area is 186 Å². The summed E-state index contributed by atoms with van der Waals surface area (Å²) in [4.78, 5) is 11.1. The van der Waals surface area contributed by atoms with Crippen molar-refractivity contribution < 1.29 is 9.90 Å². The van der Waals surface area contributed by atoms with E-state index in [9.17, 15) is 4.79 Å². The van der Waals surface area contributed by atoms with Crippen LogP contribution in [0.1, 0.15) is 42.1 Å². The first-order valence-corrected chi connectivity index (χ1v) is 10.9. The molecule has 2 N–H and O–H groups in total. The Kier molecular flexibility index (Phi) is 5.13. The van der Waals surface area contributed by atoms with Gasteiger partial charge in [0.15, 0.2) is 0 Å². The number of nitrogens with one attached hydrogen (secondary N) is 1. The molecule has 2 aliphatic rings. The van der Waals surface area contributed by atoms with Crippen molar-refractivity contribution in [2.24, 2.45) is 17.4 Å². The van der Waals surface area contributed by atoms with Crippen molar-refractivity contribution in [3.63, 3.8) is 0 Å². The van der Waals surface area contributed by atoms with Gasteiger partial charge in [-0.25, -0.2) is 0 Å². The minimum absolute atomic E-state index is 0.00960. The van der Waals surface area contributed by atoms with Gasteiger partial charge in [-0.05, 0) is 53.8 Å². The van der Waals surface area contributed by atoms with E-state index in [1.807, 2.05) is 48.4 Å². The lowest BCUT2D eigenvalue weighted by Gasteiger charge is -2.24. The van der Waals surface area contributed by atoms with Crippen LogP contribution in [0.5, 0.6) is 0 Å². The lowest BCUT2D eigenvalue weighted by Crippen LogP contribution is -2.25. The van der Waals surface area contributed by atoms with Gasteiger partial charge < -0.3 is 10.4 Å². The van der Waals surface area contributed by atoms with Crippen LogP contribution in [-0.2, 0) is 18.3 Å². The first-order chi connectivity index (χ1) is 15.5. The van der Waals surface area contributed by atoms with E-state index < -0.39 is 5.97 Å². The molecule has 3 unspecified atom stereocenters. The topological polar surface area (TPSA) is 95.1 Å². The summed E-state index contributed by atoms with van der Waals surface area (Å²) in [7, 11) is 1.92. The second-order valence-corrected chi connectivity index (χ2v) is 8.56. The van der Waals surface area contributed by atoms with E-state index in [0.29, 0.717) is 0 Å². The molecule has 32 heavy (non-hydrogen) atoms. The molecule has 0 fully saturated rings. The van der Waals surface area contributed by atoms with E-state index in [4.69, 9.17) is 5.11 Å². The number of hydrogen-bond acceptors (Lipinski definition) is 6. The number of aliphatic carboxylic acids is 1. The maximum absolute atomic E-state index is 11.1. The lowest BCUT2D eigenvalue weighted by atomic mass is 9.90. The largest absolute Gasteiger partial charge is 0.481 e. The number of rotatable bonds is 5. The third-order valence-corrected chi connectivity index (χ3v) is 6.22. The fourth-order valence-electron chi connectivity index (χ4n) is 4.73. The minimum atomic E-state index is -0.831. The van der Waals surface area contributed by atoms with Crippen LogP contribution in [0.4, 0.5) is 5.69 Å². The summed E-state index contributed by atoms with van der Waals surface area (Å²) in [6.45, 7) is 2.90. The highest BCUT2D eigenvalue weighted by molar-refractivity contribution is 5.71. The van der Waals surface area contributed by atoms with Crippen molar-refractivity contribution in [3.05, 3.63) is 71.5 Å². The van der Waals surface area contributed by atoms with Crippen LogP contribution in [0.3, 0.4) is 0 Å². The van der Waals surface area contributed by atoms with Crippen molar-refractivity contribution in [2.75, 3.05) is 11.9 Å². The number of benzene rings is 2. The van der Waals surface area contributed by atoms with Crippen LogP contribution in [-0.4, -0.2) is 38.5 Å². The van der Waals surface area contributed by atoms with Gasteiger partial charge in [-0.3, -0.25) is 14.5 Å². The van der Waals surface area contributed by atoms with Crippen LogP contribution in [0.25, 0.3) is 11.1 Å². The van der Waals surface area contributed by atoms with Gasteiger partial charge in [-0.15, -0.1) is 0 Å². The molecule has 0 spiro atoms. The Morgan fingerprint density at radius 2 is 2.06 bits per heavy atom. The summed E-state index contributed by atoms with van der Waals surface area (Å²) in [6, 6.07) is 14.5. The molecule has 2 aromatic carbocycles. The highest BCUT2D eigenvalue weighted by Gasteiger charge is 2.37. The fourth-order valence-corrected chi connectivity index (χ4v) is 4.73. The number of hydrogen-bond donors (Lipinski definition) is 2. The molecule has 3 aromatic rings. The SMILES string of the molecule is CC1N=NN2CCC(Nc3cccc(CC(=O)O)c3)c3cc(-c4cnn(C)c4)ccc3C12. The van der Waals surface area contributed by atoms with Crippen molar-refractivity contribution in [1.29, 1.82) is 0 Å². The number of carboxylic acid groups (broad SMARTS) is 1. The number of carboxylic acids is 1. The third-order valence-electron chi connectivity index (χ3n) is 6.22. The Bertz CT molecular complexity index is 1190. The number of aryl methyl sites for hydroxylation is 1. The molecule has 2 aliphatic heterocycles. The van der Waals surface area contributed by atoms with E-state index >= 15 is 0 Å². The summed E-state index contributed by atoms with van der Waals surface area (Å²) >= 11 is 0. The quantitative estimate of drug-likeness (QED) is 0.626. The van der Waals surface area contributed by atoms with E-state index in [2.05, 4.69) is 50.9 Å². The van der Waals surface area contributed by atoms with Crippen molar-refractivity contribution >= 4 is 11.7 Å². The Balaban J connectivity index is 1.54. The summed E-state index contributed by atoms with van der Waals surface area (Å²) in [5, 5.41) is 28.1. The number of fused-ring (bicyclic) bond motifs is 3. The van der Waals surface area contributed by atoms with Crippen LogP contribution in [0, 0.1) is 0 Å². The number of anilines is 1. The Morgan fingerprint density at radius 1 is 1.19 bits per heavy atom. The molecule has 0 bridgehead atoms. The van der Waals surface area contributed by atoms with E-state index in [0.717, 1.165) is 35.3 Å². The van der Waals surface area contributed by atoms with Crippen LogP contribution >= 0.6 is 0 Å². The maximum atomic E-state index is 11.1. The van der Waals surface area contributed by atoms with Gasteiger partial charge in [0, 0.05) is 31.0 Å². The zero-order valence-electron chi connectivity index (χ0n) is 18.1. The molecular formula is C24H26N6O2. The molecule has 0 aliphatic carbocycles. The van der Waals surface area contributed by atoms with Gasteiger partial charge in [-0.2, -0.15) is 10.2 Å². The summed E-state index contributed by atoms with van der Waals surface area (Å²) in [6.07, 6.45) is 4.77. The predicted octanol–water partition coefficient (Wildman–Crippen LogP) is 4.38. The van der Waals surface area contributed by atoms with E-state index in [-0.39, 0.29) is 24.5 Å². The standard InChI is InChI=1S/C24H26N6O2/c1-15-24-20-7-6-17(18-13-25-29(2)14-18)12-21(20)22(8-9-30(24)28-27-15)26-19-5-3-4-16(10-19)11-23(31)32/h3-7,10,12-15,22,24,26H,8-9,11H2,1-2H3,(H,31,32). The van der Waals surface area contributed by atoms with Crippen LogP contribution < -0.4 is 5.32 Å². The summed E-state index contributed by atoms with van der Waals surface area (Å²) in [5.41, 5.74) is 6.35. The minimum Gasteiger partial charge on any atom is -0.481 e. The molecule has 1 aromatic heterocycles. The van der Waals surface area contributed by atoms with Crippen molar-refractivity contribution in [2.45, 2.75) is 37.9 Å². The van der Waals surface area contributed by atoms with Gasteiger partial charge in [0.1, 0.15) is 0 Å². The molecule has 0 saturated carbocycles. The fraction of sp³-hybridized carbons (Fsp3) is 0.333. The second kappa shape index (κ2) is 8.11. The zero-order valence-corrected chi connectivity index (χ0v) is 18.1. The van der Waals surface area contributed by atoms with Crippen LogP contribution in [0.2, 0.25) is 0 Å². The number of carbonyl (C=O) groups is 1. The zero-order chi connectivity index (χ0) is 22.2. The first kappa shape index (κ1) is 20.2. The van der Waals surface area contributed by atoms with E-state index in [1.165, 1.54) is 11.1 Å². The van der Waals surface area contributed by atoms with Gasteiger partial charge in [-0.1, -0.05) is 29.5 Å². The van der Waals surface area contributed by atoms with Crippen molar-refractivity contribution in [3.8, 4) is 11.1 Å². The van der Waals surface area contributed by atoms with Crippen LogP contribution in [0.15, 0.2) is 65.2 Å². The molecule has 0 radical (unpaired) electrons. The van der Waals surface area contributed by atoms with Crippen molar-refractivity contribution in [1.82, 2.24) is 14.8 Å². The van der Waals surface area contributed by atoms with Gasteiger partial charge in [0.25, 0.3) is 0 Å². The summed E-state index contributed by atoms with van der Waals surface area (Å²) < 4.78 is 1.81. The molecule has 8 nitrogen and oxygen atoms in total. The average Bonchev–Trinajstić information content (AvgIpc) is 3.32. The lowest BCUT2D eigenvalue weighted by molar-refractivity contribution is -0.136. The highest BCUT2D eigenvalue weighted by atomic mass is 16.4. The third kappa shape index (κ3) is 3.84. The monoisotopic (exact) mass is 430 g/mol. The maximum Gasteiger partial charge on any atom is 0.307 e. The summed E-state index contributed by atoms with van der Waals surface area (Å²) in [5.74, 6) is -0.831. The number of aromatic nitrogens is 2. The van der Waals surface area contributed by atoms with Gasteiger partial charge in [0.05, 0.1) is 30.7 Å².